The molecule has 1 unspecified atom stereocenters. The maximum atomic E-state index is 12.9. The highest BCUT2D eigenvalue weighted by Gasteiger charge is 2.24. The Kier molecular flexibility index (Phi) is 6.36. The van der Waals surface area contributed by atoms with E-state index < -0.39 is 24.0 Å². The van der Waals surface area contributed by atoms with Gasteiger partial charge in [-0.1, -0.05) is 44.2 Å². The fourth-order valence-corrected chi connectivity index (χ4v) is 2.96. The van der Waals surface area contributed by atoms with Crippen LogP contribution in [-0.4, -0.2) is 29.1 Å². The number of ether oxygens (including phenoxy) is 1. The molecule has 3 N–H and O–H groups in total. The van der Waals surface area contributed by atoms with Gasteiger partial charge in [0.2, 0.25) is 11.7 Å². The van der Waals surface area contributed by atoms with Crippen LogP contribution >= 0.6 is 0 Å². The molecule has 8 heteroatoms. The van der Waals surface area contributed by atoms with E-state index in [0.717, 1.165) is 0 Å². The number of carboxylic acids is 1. The van der Waals surface area contributed by atoms with E-state index in [1.807, 2.05) is 13.8 Å². The van der Waals surface area contributed by atoms with Crippen LogP contribution in [0.1, 0.15) is 30.8 Å². The average molecular weight is 410 g/mol. The number of carboxylic acid groups (broad SMARTS) is 1. The summed E-state index contributed by atoms with van der Waals surface area (Å²) in [5.41, 5.74) is 0.565. The molecule has 2 aromatic carbocycles. The van der Waals surface area contributed by atoms with E-state index in [1.54, 1.807) is 48.5 Å². The summed E-state index contributed by atoms with van der Waals surface area (Å²) in [4.78, 5) is 36.3. The summed E-state index contributed by atoms with van der Waals surface area (Å²) in [6.45, 7) is 3.85. The summed E-state index contributed by atoms with van der Waals surface area (Å²) < 4.78 is 10.6. The number of hydrogen-bond acceptors (Lipinski definition) is 5. The molecule has 0 saturated carbocycles. The van der Waals surface area contributed by atoms with E-state index in [-0.39, 0.29) is 17.3 Å². The summed E-state index contributed by atoms with van der Waals surface area (Å²) in [6, 6.07) is 14.0. The van der Waals surface area contributed by atoms with Gasteiger partial charge in [-0.3, -0.25) is 4.79 Å². The number of rotatable bonds is 7. The van der Waals surface area contributed by atoms with Crippen molar-refractivity contribution < 1.29 is 28.6 Å². The van der Waals surface area contributed by atoms with Gasteiger partial charge in [-0.05, 0) is 36.6 Å². The summed E-state index contributed by atoms with van der Waals surface area (Å²) >= 11 is 0. The molecule has 0 aliphatic carbocycles. The molecule has 3 rings (SSSR count). The maximum Gasteiger partial charge on any atom is 0.413 e. The molecular weight excluding hydrogens is 388 g/mol. The van der Waals surface area contributed by atoms with E-state index >= 15 is 0 Å². The predicted octanol–water partition coefficient (Wildman–Crippen LogP) is 4.27. The number of hydrogen-bond donors (Lipinski definition) is 3. The Morgan fingerprint density at radius 3 is 2.47 bits per heavy atom. The minimum absolute atomic E-state index is 0.121. The largest absolute Gasteiger partial charge is 0.475 e. The number of para-hydroxylation sites is 2. The maximum absolute atomic E-state index is 12.9. The number of carbonyl (C=O) groups excluding carboxylic acids is 2. The standard InChI is InChI=1S/C22H22N2O6/c1-13(2)11-17(24-22(28)29-15-8-4-3-5-9-15)20(25)23-16-10-6-7-14-12-18(21(26)27)30-19(14)16/h3-10,12-13,17H,11H2,1-2H3,(H,23,25)(H,24,28)(H,26,27). The fraction of sp³-hybridized carbons (Fsp3) is 0.227. The van der Waals surface area contributed by atoms with Gasteiger partial charge in [0.1, 0.15) is 11.8 Å². The lowest BCUT2D eigenvalue weighted by Crippen LogP contribution is -2.45. The lowest BCUT2D eigenvalue weighted by molar-refractivity contribution is -0.118. The van der Waals surface area contributed by atoms with Crippen LogP contribution in [0.2, 0.25) is 0 Å². The molecule has 0 saturated heterocycles. The van der Waals surface area contributed by atoms with Gasteiger partial charge in [-0.15, -0.1) is 0 Å². The number of amides is 2. The van der Waals surface area contributed by atoms with Crippen LogP contribution in [0.4, 0.5) is 10.5 Å². The third-order valence-corrected chi connectivity index (χ3v) is 4.28. The van der Waals surface area contributed by atoms with Crippen molar-refractivity contribution in [2.45, 2.75) is 26.3 Å². The minimum Gasteiger partial charge on any atom is -0.475 e. The SMILES string of the molecule is CC(C)CC(NC(=O)Oc1ccccc1)C(=O)Nc1cccc2cc(C(=O)O)oc12. The highest BCUT2D eigenvalue weighted by molar-refractivity contribution is 6.04. The molecule has 30 heavy (non-hydrogen) atoms. The van der Waals surface area contributed by atoms with Crippen molar-refractivity contribution in [2.75, 3.05) is 5.32 Å². The molecule has 0 aliphatic rings. The van der Waals surface area contributed by atoms with Gasteiger partial charge in [0, 0.05) is 5.39 Å². The Hall–Kier alpha value is -3.81. The van der Waals surface area contributed by atoms with Gasteiger partial charge >= 0.3 is 12.1 Å². The zero-order valence-electron chi connectivity index (χ0n) is 16.5. The second-order valence-electron chi connectivity index (χ2n) is 7.16. The van der Waals surface area contributed by atoms with Gasteiger partial charge in [-0.25, -0.2) is 9.59 Å². The van der Waals surface area contributed by atoms with Crippen molar-refractivity contribution in [3.8, 4) is 5.75 Å². The van der Waals surface area contributed by atoms with Crippen molar-refractivity contribution in [3.63, 3.8) is 0 Å². The summed E-state index contributed by atoms with van der Waals surface area (Å²) in [6.07, 6.45) is -0.365. The Bertz CT molecular complexity index is 1060. The van der Waals surface area contributed by atoms with E-state index in [9.17, 15) is 14.4 Å². The average Bonchev–Trinajstić information content (AvgIpc) is 3.13. The molecule has 0 spiro atoms. The zero-order chi connectivity index (χ0) is 21.7. The van der Waals surface area contributed by atoms with Crippen LogP contribution < -0.4 is 15.4 Å². The molecule has 156 valence electrons. The minimum atomic E-state index is -1.20. The summed E-state index contributed by atoms with van der Waals surface area (Å²) in [5.74, 6) is -1.41. The van der Waals surface area contributed by atoms with Crippen LogP contribution in [0.5, 0.6) is 5.75 Å². The van der Waals surface area contributed by atoms with Crippen LogP contribution in [-0.2, 0) is 4.79 Å². The molecule has 8 nitrogen and oxygen atoms in total. The second-order valence-corrected chi connectivity index (χ2v) is 7.16. The lowest BCUT2D eigenvalue weighted by atomic mass is 10.0. The molecule has 0 radical (unpaired) electrons. The third kappa shape index (κ3) is 5.16. The number of benzene rings is 2. The number of furan rings is 1. The highest BCUT2D eigenvalue weighted by atomic mass is 16.6. The summed E-state index contributed by atoms with van der Waals surface area (Å²) in [5, 5.41) is 15.0. The van der Waals surface area contributed by atoms with Crippen molar-refractivity contribution in [2.24, 2.45) is 5.92 Å². The Morgan fingerprint density at radius 2 is 1.80 bits per heavy atom. The highest BCUT2D eigenvalue weighted by Crippen LogP contribution is 2.27. The number of anilines is 1. The molecule has 1 aromatic heterocycles. The Morgan fingerprint density at radius 1 is 1.07 bits per heavy atom. The first-order valence-electron chi connectivity index (χ1n) is 9.43. The van der Waals surface area contributed by atoms with Gasteiger partial charge in [0.25, 0.3) is 0 Å². The number of aromatic carboxylic acids is 1. The first-order chi connectivity index (χ1) is 14.3. The molecular formula is C22H22N2O6. The van der Waals surface area contributed by atoms with E-state index in [4.69, 9.17) is 14.3 Å². The van der Waals surface area contributed by atoms with Crippen LogP contribution in [0.25, 0.3) is 11.0 Å². The molecule has 0 aliphatic heterocycles. The normalized spacial score (nSPS) is 11.8. The zero-order valence-corrected chi connectivity index (χ0v) is 16.5. The quantitative estimate of drug-likeness (QED) is 0.535. The van der Waals surface area contributed by atoms with E-state index in [1.165, 1.54) is 6.07 Å². The number of fused-ring (bicyclic) bond motifs is 1. The van der Waals surface area contributed by atoms with Crippen molar-refractivity contribution in [1.82, 2.24) is 5.32 Å². The topological polar surface area (TPSA) is 118 Å². The number of nitrogens with one attached hydrogen (secondary N) is 2. The van der Waals surface area contributed by atoms with Gasteiger partial charge in [-0.2, -0.15) is 0 Å². The third-order valence-electron chi connectivity index (χ3n) is 4.28. The molecule has 2 amide bonds. The van der Waals surface area contributed by atoms with Crippen molar-refractivity contribution in [3.05, 3.63) is 60.4 Å². The van der Waals surface area contributed by atoms with Crippen LogP contribution in [0.3, 0.4) is 0 Å². The molecule has 1 atom stereocenters. The summed E-state index contributed by atoms with van der Waals surface area (Å²) in [7, 11) is 0. The number of carbonyl (C=O) groups is 3. The van der Waals surface area contributed by atoms with Crippen LogP contribution in [0.15, 0.2) is 59.0 Å². The van der Waals surface area contributed by atoms with Crippen molar-refractivity contribution in [1.29, 1.82) is 0 Å². The van der Waals surface area contributed by atoms with E-state index in [2.05, 4.69) is 10.6 Å². The predicted molar refractivity (Wildman–Crippen MR) is 111 cm³/mol. The van der Waals surface area contributed by atoms with Gasteiger partial charge in [0.15, 0.2) is 5.58 Å². The van der Waals surface area contributed by atoms with Gasteiger partial charge in [0.05, 0.1) is 5.69 Å². The van der Waals surface area contributed by atoms with E-state index in [0.29, 0.717) is 23.2 Å². The Labute approximate surface area is 172 Å². The van der Waals surface area contributed by atoms with Gasteiger partial charge < -0.3 is 24.9 Å². The molecule has 1 heterocycles. The van der Waals surface area contributed by atoms with Crippen LogP contribution in [0, 0.1) is 5.92 Å². The lowest BCUT2D eigenvalue weighted by Gasteiger charge is -2.20. The fourth-order valence-electron chi connectivity index (χ4n) is 2.96. The monoisotopic (exact) mass is 410 g/mol. The smallest absolute Gasteiger partial charge is 0.413 e. The molecule has 0 fully saturated rings. The molecule has 3 aromatic rings. The Balaban J connectivity index is 1.76. The first kappa shape index (κ1) is 20.9. The molecule has 0 bridgehead atoms. The second kappa shape index (κ2) is 9.13. The van der Waals surface area contributed by atoms with Crippen molar-refractivity contribution >= 4 is 34.6 Å². The first-order valence-corrected chi connectivity index (χ1v) is 9.43.